The van der Waals surface area contributed by atoms with Crippen LogP contribution >= 0.6 is 12.2 Å². The quantitative estimate of drug-likeness (QED) is 0.214. The number of nitrogens with zero attached hydrogens (tertiary/aromatic N) is 3. The molecule has 2 aromatic heterocycles. The number of carbonyl (C=O) groups is 1. The Morgan fingerprint density at radius 2 is 1.81 bits per heavy atom. The molecule has 5 aromatic rings. The summed E-state index contributed by atoms with van der Waals surface area (Å²) in [6, 6.07) is 27.8. The number of thiocarbonyl (C=S) groups is 1. The molecule has 9 heteroatoms. The lowest BCUT2D eigenvalue weighted by Gasteiger charge is -2.28. The van der Waals surface area contributed by atoms with E-state index < -0.39 is 0 Å². The molecule has 0 unspecified atom stereocenters. The van der Waals surface area contributed by atoms with Gasteiger partial charge in [0.1, 0.15) is 0 Å². The Kier molecular flexibility index (Phi) is 6.95. The van der Waals surface area contributed by atoms with E-state index in [1.807, 2.05) is 78.9 Å². The molecule has 7 rings (SSSR count). The lowest BCUT2D eigenvalue weighted by atomic mass is 9.96. The summed E-state index contributed by atoms with van der Waals surface area (Å²) in [4.78, 5) is 20.1. The minimum Gasteiger partial charge on any atom is -0.454 e. The number of benzene rings is 3. The molecule has 0 aliphatic carbocycles. The highest BCUT2D eigenvalue weighted by Gasteiger charge is 2.41. The third kappa shape index (κ3) is 4.95. The molecule has 1 saturated heterocycles. The van der Waals surface area contributed by atoms with E-state index in [1.165, 1.54) is 0 Å². The van der Waals surface area contributed by atoms with E-state index in [1.54, 1.807) is 6.20 Å². The van der Waals surface area contributed by atoms with E-state index in [2.05, 4.69) is 45.0 Å². The number of rotatable bonds is 7. The first-order valence-electron chi connectivity index (χ1n) is 14.3. The van der Waals surface area contributed by atoms with Gasteiger partial charge in [-0.15, -0.1) is 0 Å². The number of aryl methyl sites for hydroxylation is 1. The van der Waals surface area contributed by atoms with Crippen LogP contribution in [0.2, 0.25) is 0 Å². The number of carbonyl (C=O) groups excluding carboxylic acids is 1. The number of nitrogens with one attached hydrogen (secondary N) is 2. The summed E-state index contributed by atoms with van der Waals surface area (Å²) in [5.41, 5.74) is 5.98. The van der Waals surface area contributed by atoms with E-state index in [0.29, 0.717) is 11.7 Å². The molecule has 0 saturated carbocycles. The average molecular weight is 590 g/mol. The number of aromatic nitrogens is 2. The lowest BCUT2D eigenvalue weighted by Crippen LogP contribution is -2.33. The van der Waals surface area contributed by atoms with Crippen molar-refractivity contribution in [1.29, 1.82) is 0 Å². The summed E-state index contributed by atoms with van der Waals surface area (Å²) in [6.07, 6.45) is 2.07. The summed E-state index contributed by atoms with van der Waals surface area (Å²) in [7, 11) is 0. The summed E-state index contributed by atoms with van der Waals surface area (Å²) in [5, 5.41) is 9.34. The second kappa shape index (κ2) is 11.1. The first-order chi connectivity index (χ1) is 21.0. The zero-order chi connectivity index (χ0) is 29.5. The summed E-state index contributed by atoms with van der Waals surface area (Å²) in [5.74, 6) is 1.42. The highest BCUT2D eigenvalue weighted by atomic mass is 32.1. The zero-order valence-electron chi connectivity index (χ0n) is 23.9. The highest BCUT2D eigenvalue weighted by molar-refractivity contribution is 7.80. The maximum Gasteiger partial charge on any atom is 0.231 e. The van der Waals surface area contributed by atoms with Crippen molar-refractivity contribution in [3.05, 3.63) is 114 Å². The van der Waals surface area contributed by atoms with E-state index in [0.717, 1.165) is 56.3 Å². The van der Waals surface area contributed by atoms with Gasteiger partial charge in [-0.05, 0) is 73.4 Å². The standard InChI is InChI=1S/C34H31N5O3S/c1-21-18-26(22(2)39(21)24-13-14-29-30(19-24)42-20-41-29)33-32(28-11-5-6-16-35-28)37-34(43)38(33)17-15-31(40)36-27-12-7-9-23-8-3-4-10-25(23)27/h3-14,16,18-19,32-33H,15,17,20H2,1-2H3,(H,36,40)(H,37,43)/t32-,33+/m1/s1. The second-order valence-corrected chi connectivity index (χ2v) is 11.2. The van der Waals surface area contributed by atoms with Crippen LogP contribution in [0.1, 0.15) is 41.1 Å². The molecular weight excluding hydrogens is 558 g/mol. The first-order valence-corrected chi connectivity index (χ1v) is 14.7. The molecule has 8 nitrogen and oxygen atoms in total. The van der Waals surface area contributed by atoms with E-state index in [4.69, 9.17) is 21.7 Å². The third-order valence-corrected chi connectivity index (χ3v) is 8.60. The van der Waals surface area contributed by atoms with Crippen LogP contribution in [0.5, 0.6) is 11.5 Å². The van der Waals surface area contributed by atoms with Gasteiger partial charge < -0.3 is 29.6 Å². The molecule has 2 aliphatic heterocycles. The van der Waals surface area contributed by atoms with Crippen LogP contribution in [-0.2, 0) is 4.79 Å². The van der Waals surface area contributed by atoms with Gasteiger partial charge in [0.2, 0.25) is 12.7 Å². The Labute approximate surface area is 255 Å². The Bertz CT molecular complexity index is 1850. The summed E-state index contributed by atoms with van der Waals surface area (Å²) in [6.45, 7) is 4.90. The fraction of sp³-hybridized carbons (Fsp3) is 0.206. The van der Waals surface area contributed by atoms with E-state index in [9.17, 15) is 4.79 Å². The van der Waals surface area contributed by atoms with Crippen molar-refractivity contribution in [3.63, 3.8) is 0 Å². The van der Waals surface area contributed by atoms with Gasteiger partial charge in [0.25, 0.3) is 0 Å². The fourth-order valence-corrected chi connectivity index (χ4v) is 6.59. The zero-order valence-corrected chi connectivity index (χ0v) is 24.7. The molecule has 4 heterocycles. The van der Waals surface area contributed by atoms with Crippen molar-refractivity contribution < 1.29 is 14.3 Å². The third-order valence-electron chi connectivity index (χ3n) is 8.24. The topological polar surface area (TPSA) is 80.7 Å². The van der Waals surface area contributed by atoms with Gasteiger partial charge in [-0.3, -0.25) is 9.78 Å². The summed E-state index contributed by atoms with van der Waals surface area (Å²) >= 11 is 5.89. The van der Waals surface area contributed by atoms with Crippen LogP contribution in [0.25, 0.3) is 16.5 Å². The minimum atomic E-state index is -0.180. The number of amides is 1. The van der Waals surface area contributed by atoms with Crippen LogP contribution in [0.15, 0.2) is 91.1 Å². The molecule has 1 fully saturated rings. The van der Waals surface area contributed by atoms with Crippen LogP contribution < -0.4 is 20.1 Å². The smallest absolute Gasteiger partial charge is 0.231 e. The van der Waals surface area contributed by atoms with E-state index in [-0.39, 0.29) is 31.2 Å². The molecule has 1 amide bonds. The lowest BCUT2D eigenvalue weighted by molar-refractivity contribution is -0.116. The van der Waals surface area contributed by atoms with Gasteiger partial charge in [-0.2, -0.15) is 0 Å². The fourth-order valence-electron chi connectivity index (χ4n) is 6.26. The summed E-state index contributed by atoms with van der Waals surface area (Å²) < 4.78 is 13.4. The van der Waals surface area contributed by atoms with Crippen LogP contribution in [0.3, 0.4) is 0 Å². The van der Waals surface area contributed by atoms with Crippen LogP contribution in [0.4, 0.5) is 5.69 Å². The molecule has 3 aromatic carbocycles. The number of pyridine rings is 1. The predicted octanol–water partition coefficient (Wildman–Crippen LogP) is 6.37. The van der Waals surface area contributed by atoms with Crippen molar-refractivity contribution in [1.82, 2.24) is 19.8 Å². The minimum absolute atomic E-state index is 0.0648. The Hall–Kier alpha value is -4.89. The van der Waals surface area contributed by atoms with Gasteiger partial charge in [-0.1, -0.05) is 42.5 Å². The van der Waals surface area contributed by atoms with Crippen molar-refractivity contribution >= 4 is 39.7 Å². The number of fused-ring (bicyclic) bond motifs is 2. The second-order valence-electron chi connectivity index (χ2n) is 10.8. The Morgan fingerprint density at radius 1 is 1.00 bits per heavy atom. The van der Waals surface area contributed by atoms with Crippen LogP contribution in [-0.4, -0.2) is 38.8 Å². The number of hydrogen-bond acceptors (Lipinski definition) is 5. The SMILES string of the molecule is Cc1cc([C@H]2[C@@H](c3ccccn3)NC(=S)N2CCC(=O)Nc2cccc3ccccc23)c(C)n1-c1ccc2c(c1)OCO2. The molecule has 2 aliphatic rings. The van der Waals surface area contributed by atoms with Gasteiger partial charge in [0.05, 0.1) is 17.8 Å². The van der Waals surface area contributed by atoms with Crippen LogP contribution in [0, 0.1) is 13.8 Å². The molecule has 0 radical (unpaired) electrons. The predicted molar refractivity (Wildman–Crippen MR) is 171 cm³/mol. The molecule has 2 N–H and O–H groups in total. The van der Waals surface area contributed by atoms with Gasteiger partial charge in [-0.25, -0.2) is 0 Å². The highest BCUT2D eigenvalue weighted by Crippen LogP contribution is 2.42. The maximum absolute atomic E-state index is 13.3. The number of anilines is 1. The molecular formula is C34H31N5O3S. The van der Waals surface area contributed by atoms with Crippen molar-refractivity contribution in [2.75, 3.05) is 18.7 Å². The van der Waals surface area contributed by atoms with E-state index >= 15 is 0 Å². The largest absolute Gasteiger partial charge is 0.454 e. The van der Waals surface area contributed by atoms with Gasteiger partial charge >= 0.3 is 0 Å². The Balaban J connectivity index is 1.20. The number of ether oxygens (including phenoxy) is 2. The average Bonchev–Trinajstić information content (AvgIpc) is 3.71. The van der Waals surface area contributed by atoms with Gasteiger partial charge in [0, 0.05) is 53.4 Å². The molecule has 0 spiro atoms. The van der Waals surface area contributed by atoms with Crippen molar-refractivity contribution in [2.24, 2.45) is 0 Å². The normalized spacial score (nSPS) is 17.3. The molecule has 2 atom stereocenters. The molecule has 0 bridgehead atoms. The number of hydrogen-bond donors (Lipinski definition) is 2. The van der Waals surface area contributed by atoms with Gasteiger partial charge in [0.15, 0.2) is 16.6 Å². The molecule has 43 heavy (non-hydrogen) atoms. The Morgan fingerprint density at radius 3 is 2.67 bits per heavy atom. The monoisotopic (exact) mass is 589 g/mol. The molecule has 216 valence electrons. The van der Waals surface area contributed by atoms with Crippen molar-refractivity contribution in [3.8, 4) is 17.2 Å². The van der Waals surface area contributed by atoms with Crippen molar-refractivity contribution in [2.45, 2.75) is 32.4 Å². The maximum atomic E-state index is 13.3. The first kappa shape index (κ1) is 27.0.